The minimum atomic E-state index is -0.912. The zero-order valence-electron chi connectivity index (χ0n) is 39.0. The number of nitrogens with one attached hydrogen (secondary N) is 2. The van der Waals surface area contributed by atoms with Crippen LogP contribution in [0.1, 0.15) is 152 Å². The number of aromatic nitrogens is 1. The highest BCUT2D eigenvalue weighted by Crippen LogP contribution is 2.33. The van der Waals surface area contributed by atoms with Gasteiger partial charge in [0.2, 0.25) is 17.7 Å². The number of ether oxygens (including phenoxy) is 1. The highest BCUT2D eigenvalue weighted by atomic mass is 32.2. The van der Waals surface area contributed by atoms with Gasteiger partial charge in [-0.25, -0.2) is 4.98 Å². The first-order chi connectivity index (χ1) is 30.1. The fourth-order valence-corrected chi connectivity index (χ4v) is 10.5. The Morgan fingerprint density at radius 3 is 2.48 bits per heavy atom. The standard InChI is InChI=1S/C48H74N6O7S2/c1-9-32(5)36(27-40(55)38-22-14-15-23-52(38)7)47(59)53(8)39(31(3)4)28-41(46-51-37(30-63-46)45(58)50-33(6)44(57)34-19-12-11-13-20-34)61-25-17-16-24-54-43(56)29-42(48(54)60)62-26-18-21-35(49)10-2/h11-13,19-20,30-33,36,38-39,41-42,44,49,57H,9-10,14-18,21-29H2,1-8H3,(H,50,58)/t32-,33+,36-,38+,39+,41+,42?,44?/m0/s1. The molecule has 0 spiro atoms. The minimum absolute atomic E-state index is 0.00472. The topological polar surface area (TPSA) is 173 Å². The molecule has 2 aromatic rings. The van der Waals surface area contributed by atoms with Gasteiger partial charge >= 0.3 is 0 Å². The maximum absolute atomic E-state index is 14.5. The highest BCUT2D eigenvalue weighted by Gasteiger charge is 2.39. The molecule has 2 fully saturated rings. The van der Waals surface area contributed by atoms with E-state index in [1.54, 1.807) is 17.2 Å². The molecule has 350 valence electrons. The second kappa shape index (κ2) is 25.8. The second-order valence-corrected chi connectivity index (χ2v) is 20.1. The smallest absolute Gasteiger partial charge is 0.271 e. The van der Waals surface area contributed by atoms with Gasteiger partial charge in [0.25, 0.3) is 5.91 Å². The molecular formula is C48H74N6O7S2. The van der Waals surface area contributed by atoms with Crippen LogP contribution in [-0.4, -0.2) is 123 Å². The zero-order chi connectivity index (χ0) is 46.2. The maximum Gasteiger partial charge on any atom is 0.271 e. The number of imide groups is 1. The summed E-state index contributed by atoms with van der Waals surface area (Å²) in [6, 6.07) is 8.11. The van der Waals surface area contributed by atoms with Crippen molar-refractivity contribution in [1.82, 2.24) is 25.0 Å². The predicted molar refractivity (Wildman–Crippen MR) is 252 cm³/mol. The molecule has 3 heterocycles. The van der Waals surface area contributed by atoms with E-state index in [0.717, 1.165) is 50.8 Å². The number of amides is 4. The highest BCUT2D eigenvalue weighted by molar-refractivity contribution is 8.00. The molecule has 2 saturated heterocycles. The SMILES string of the molecule is CCC(=N)CCCSC1CC(=O)N(CCCCO[C@H](C[C@H](C(C)C)N(C)C(=O)[C@@H](CC(=O)[C@H]2CCCCN2C)[C@@H](C)CC)c2nc(C(=O)N[C@H](C)C(O)c3ccccc3)cs2)C1=O. The predicted octanol–water partition coefficient (Wildman–Crippen LogP) is 7.88. The van der Waals surface area contributed by atoms with Crippen molar-refractivity contribution in [3.8, 4) is 0 Å². The summed E-state index contributed by atoms with van der Waals surface area (Å²) in [5, 5.41) is 23.5. The van der Waals surface area contributed by atoms with Gasteiger partial charge in [0.15, 0.2) is 5.78 Å². The van der Waals surface area contributed by atoms with Crippen molar-refractivity contribution in [2.75, 3.05) is 39.5 Å². The van der Waals surface area contributed by atoms with E-state index in [4.69, 9.17) is 15.1 Å². The van der Waals surface area contributed by atoms with Crippen molar-refractivity contribution in [1.29, 1.82) is 5.41 Å². The lowest BCUT2D eigenvalue weighted by atomic mass is 9.83. The van der Waals surface area contributed by atoms with Gasteiger partial charge in [0.05, 0.1) is 23.4 Å². The summed E-state index contributed by atoms with van der Waals surface area (Å²) in [6.45, 7) is 13.4. The molecule has 1 aromatic heterocycles. The normalized spacial score (nSPS) is 20.0. The molecule has 2 aliphatic rings. The Bertz CT molecular complexity index is 1810. The number of unbranched alkanes of at least 4 members (excludes halogenated alkanes) is 1. The van der Waals surface area contributed by atoms with Crippen LogP contribution in [0.2, 0.25) is 0 Å². The van der Waals surface area contributed by atoms with Crippen LogP contribution in [0, 0.1) is 23.2 Å². The van der Waals surface area contributed by atoms with Crippen molar-refractivity contribution in [3.63, 3.8) is 0 Å². The van der Waals surface area contributed by atoms with Crippen molar-refractivity contribution >= 4 is 58.2 Å². The molecule has 4 amide bonds. The van der Waals surface area contributed by atoms with E-state index in [1.807, 2.05) is 51.4 Å². The molecule has 0 aliphatic carbocycles. The molecule has 4 rings (SSSR count). The van der Waals surface area contributed by atoms with Gasteiger partial charge in [-0.2, -0.15) is 0 Å². The fourth-order valence-electron chi connectivity index (χ4n) is 8.55. The minimum Gasteiger partial charge on any atom is -0.386 e. The molecule has 0 saturated carbocycles. The van der Waals surface area contributed by atoms with Crippen molar-refractivity contribution < 1.29 is 33.8 Å². The third-order valence-electron chi connectivity index (χ3n) is 13.0. The average molecular weight is 911 g/mol. The van der Waals surface area contributed by atoms with Gasteiger partial charge in [-0.05, 0) is 88.6 Å². The molecule has 15 heteroatoms. The lowest BCUT2D eigenvalue weighted by molar-refractivity contribution is -0.143. The number of aliphatic hydroxyl groups excluding tert-OH is 1. The average Bonchev–Trinajstić information content (AvgIpc) is 3.88. The Morgan fingerprint density at radius 1 is 1.08 bits per heavy atom. The number of likely N-dealkylation sites (N-methyl/N-ethyl adjacent to an activating group) is 1. The largest absolute Gasteiger partial charge is 0.386 e. The first-order valence-corrected chi connectivity index (χ1v) is 25.1. The summed E-state index contributed by atoms with van der Waals surface area (Å²) in [4.78, 5) is 77.8. The first-order valence-electron chi connectivity index (χ1n) is 23.2. The van der Waals surface area contributed by atoms with Gasteiger partial charge < -0.3 is 25.5 Å². The zero-order valence-corrected chi connectivity index (χ0v) is 40.6. The molecule has 2 unspecified atom stereocenters. The summed E-state index contributed by atoms with van der Waals surface area (Å²) in [6.07, 6.45) is 6.31. The molecule has 63 heavy (non-hydrogen) atoms. The van der Waals surface area contributed by atoms with Crippen LogP contribution in [0.3, 0.4) is 0 Å². The summed E-state index contributed by atoms with van der Waals surface area (Å²) in [5.74, 6) is -0.372. The molecule has 3 N–H and O–H groups in total. The number of hydrogen-bond acceptors (Lipinski definition) is 12. The third-order valence-corrected chi connectivity index (χ3v) is 15.2. The molecule has 13 nitrogen and oxygen atoms in total. The van der Waals surface area contributed by atoms with E-state index in [1.165, 1.54) is 28.0 Å². The second-order valence-electron chi connectivity index (χ2n) is 17.9. The molecule has 1 aromatic carbocycles. The number of nitrogens with zero attached hydrogens (tertiary/aromatic N) is 4. The number of ketones is 1. The van der Waals surface area contributed by atoms with E-state index in [2.05, 4.69) is 37.9 Å². The number of benzene rings is 1. The number of likely N-dealkylation sites (tertiary alicyclic amines) is 2. The molecule has 2 aliphatic heterocycles. The molecule has 0 bridgehead atoms. The molecule has 0 radical (unpaired) electrons. The van der Waals surface area contributed by atoms with Crippen LogP contribution in [0.5, 0.6) is 0 Å². The summed E-state index contributed by atoms with van der Waals surface area (Å²) >= 11 is 2.81. The van der Waals surface area contributed by atoms with Crippen molar-refractivity contribution in [3.05, 3.63) is 52.0 Å². The quantitative estimate of drug-likeness (QED) is 0.0455. The first kappa shape index (κ1) is 52.1. The Morgan fingerprint density at radius 2 is 1.81 bits per heavy atom. The van der Waals surface area contributed by atoms with E-state index in [-0.39, 0.29) is 71.2 Å². The Labute approximate surface area is 384 Å². The number of carbonyl (C=O) groups is 5. The Hall–Kier alpha value is -3.50. The van der Waals surface area contributed by atoms with Crippen molar-refractivity contribution in [2.45, 2.75) is 154 Å². The lowest BCUT2D eigenvalue weighted by Gasteiger charge is -2.38. The van der Waals surface area contributed by atoms with Gasteiger partial charge in [0, 0.05) is 62.5 Å². The number of aliphatic hydroxyl groups is 1. The van der Waals surface area contributed by atoms with Crippen LogP contribution in [0.15, 0.2) is 35.7 Å². The summed E-state index contributed by atoms with van der Waals surface area (Å²) in [5.41, 5.74) is 1.59. The van der Waals surface area contributed by atoms with Crippen LogP contribution >= 0.6 is 23.1 Å². The van der Waals surface area contributed by atoms with Gasteiger partial charge in [0.1, 0.15) is 16.8 Å². The third kappa shape index (κ3) is 15.0. The van der Waals surface area contributed by atoms with Crippen LogP contribution in [-0.2, 0) is 23.9 Å². The number of carbonyl (C=O) groups excluding carboxylic acids is 5. The Balaban J connectivity index is 1.47. The van der Waals surface area contributed by atoms with Crippen molar-refractivity contribution in [2.24, 2.45) is 17.8 Å². The van der Waals surface area contributed by atoms with E-state index in [9.17, 15) is 29.1 Å². The number of hydrogen-bond donors (Lipinski definition) is 3. The van der Waals surface area contributed by atoms with Crippen LogP contribution in [0.4, 0.5) is 0 Å². The van der Waals surface area contributed by atoms with E-state index >= 15 is 0 Å². The summed E-state index contributed by atoms with van der Waals surface area (Å²) < 4.78 is 6.60. The number of thiazole rings is 1. The number of Topliss-reactive ketones (excluding diaryl/α,β-unsaturated/α-hetero) is 1. The molecular weight excluding hydrogens is 837 g/mol. The number of piperidine rings is 1. The van der Waals surface area contributed by atoms with Gasteiger partial charge in [-0.1, -0.05) is 77.8 Å². The fraction of sp³-hybridized carbons (Fsp3) is 0.688. The summed E-state index contributed by atoms with van der Waals surface area (Å²) in [7, 11) is 3.82. The van der Waals surface area contributed by atoms with Gasteiger partial charge in [-0.15, -0.1) is 23.1 Å². The number of rotatable bonds is 27. The van der Waals surface area contributed by atoms with Crippen LogP contribution in [0.25, 0.3) is 0 Å². The number of thioether (sulfide) groups is 1. The van der Waals surface area contributed by atoms with Gasteiger partial charge in [-0.3, -0.25) is 33.8 Å². The Kier molecular flexibility index (Phi) is 21.4. The molecule has 8 atom stereocenters. The van der Waals surface area contributed by atoms with E-state index in [0.29, 0.717) is 55.1 Å². The monoisotopic (exact) mass is 911 g/mol. The lowest BCUT2D eigenvalue weighted by Crippen LogP contribution is -2.48. The van der Waals surface area contributed by atoms with E-state index < -0.39 is 30.1 Å². The maximum atomic E-state index is 14.5. The van der Waals surface area contributed by atoms with Crippen LogP contribution < -0.4 is 5.32 Å².